The minimum atomic E-state index is -0.238. The molecule has 2 N–H and O–H groups in total. The van der Waals surface area contributed by atoms with Crippen molar-refractivity contribution in [1.29, 1.82) is 0 Å². The maximum Gasteiger partial charge on any atom is 0.271 e. The predicted molar refractivity (Wildman–Crippen MR) is 122 cm³/mol. The Balaban J connectivity index is 1.49. The smallest absolute Gasteiger partial charge is 0.271 e. The number of halogens is 2. The molecule has 3 heterocycles. The van der Waals surface area contributed by atoms with Gasteiger partial charge in [-0.1, -0.05) is 29.3 Å². The third kappa shape index (κ3) is 5.03. The molecule has 0 saturated carbocycles. The van der Waals surface area contributed by atoms with E-state index in [1.807, 2.05) is 25.1 Å². The zero-order chi connectivity index (χ0) is 21.8. The fourth-order valence-electron chi connectivity index (χ4n) is 3.96. The predicted octanol–water partition coefficient (Wildman–Crippen LogP) is 2.84. The number of benzene rings is 1. The molecule has 1 fully saturated rings. The molecule has 2 aromatic rings. The summed E-state index contributed by atoms with van der Waals surface area (Å²) in [6, 6.07) is 7.18. The third-order valence-corrected chi connectivity index (χ3v) is 6.32. The van der Waals surface area contributed by atoms with Crippen LogP contribution in [-0.4, -0.2) is 73.5 Å². The highest BCUT2D eigenvalue weighted by atomic mass is 35.5. The Hall–Kier alpha value is -2.13. The average molecular weight is 465 g/mol. The molecule has 1 atom stereocenters. The van der Waals surface area contributed by atoms with Gasteiger partial charge in [0.05, 0.1) is 24.9 Å². The molecule has 4 rings (SSSR count). The summed E-state index contributed by atoms with van der Waals surface area (Å²) in [5.74, 6) is 0.406. The normalized spacial score (nSPS) is 17.6. The van der Waals surface area contributed by atoms with Gasteiger partial charge in [0.15, 0.2) is 11.5 Å². The maximum atomic E-state index is 12.7. The Bertz CT molecular complexity index is 918. The van der Waals surface area contributed by atoms with E-state index in [9.17, 15) is 4.79 Å². The number of hydrogen-bond acceptors (Lipinski definition) is 7. The van der Waals surface area contributed by atoms with Gasteiger partial charge in [-0.05, 0) is 25.1 Å². The van der Waals surface area contributed by atoms with Gasteiger partial charge >= 0.3 is 0 Å². The summed E-state index contributed by atoms with van der Waals surface area (Å²) in [4.78, 5) is 17.1. The molecule has 0 aliphatic carbocycles. The van der Waals surface area contributed by atoms with Crippen LogP contribution in [0.1, 0.15) is 29.0 Å². The Labute approximate surface area is 191 Å². The highest BCUT2D eigenvalue weighted by Gasteiger charge is 2.27. The van der Waals surface area contributed by atoms with Crippen molar-refractivity contribution < 1.29 is 9.53 Å². The Morgan fingerprint density at radius 2 is 1.97 bits per heavy atom. The monoisotopic (exact) mass is 464 g/mol. The molecule has 0 spiro atoms. The Morgan fingerprint density at radius 1 is 1.23 bits per heavy atom. The Morgan fingerprint density at radius 3 is 2.71 bits per heavy atom. The van der Waals surface area contributed by atoms with Gasteiger partial charge in [-0.25, -0.2) is 0 Å². The molecule has 2 aliphatic heterocycles. The van der Waals surface area contributed by atoms with Crippen LogP contribution in [0.5, 0.6) is 0 Å². The van der Waals surface area contributed by atoms with Crippen LogP contribution in [0.4, 0.5) is 11.5 Å². The zero-order valence-electron chi connectivity index (χ0n) is 17.4. The minimum absolute atomic E-state index is 0.0940. The largest absolute Gasteiger partial charge is 0.379 e. The first-order valence-corrected chi connectivity index (χ1v) is 11.2. The average Bonchev–Trinajstić information content (AvgIpc) is 2.78. The number of fused-ring (bicyclic) bond motifs is 1. The second kappa shape index (κ2) is 9.99. The summed E-state index contributed by atoms with van der Waals surface area (Å²) in [6.07, 6.45) is 0. The topological polar surface area (TPSA) is 82.6 Å². The fourth-order valence-corrected chi connectivity index (χ4v) is 4.68. The van der Waals surface area contributed by atoms with Gasteiger partial charge in [0.2, 0.25) is 0 Å². The zero-order valence-corrected chi connectivity index (χ0v) is 18.9. The SMILES string of the molecule is CC(c1c(Cl)cccc1Cl)N1CCNc2nnc(C(=O)NCCN3CCOCC3)cc21. The van der Waals surface area contributed by atoms with Gasteiger partial charge < -0.3 is 20.3 Å². The number of ether oxygens (including phenoxy) is 1. The first-order valence-electron chi connectivity index (χ1n) is 10.4. The summed E-state index contributed by atoms with van der Waals surface area (Å²) in [6.45, 7) is 8.05. The molecule has 10 heteroatoms. The lowest BCUT2D eigenvalue weighted by atomic mass is 10.0. The Kier molecular flexibility index (Phi) is 7.12. The van der Waals surface area contributed by atoms with Gasteiger partial charge in [-0.2, -0.15) is 0 Å². The lowest BCUT2D eigenvalue weighted by Gasteiger charge is -2.36. The van der Waals surface area contributed by atoms with E-state index >= 15 is 0 Å². The van der Waals surface area contributed by atoms with Gasteiger partial charge in [0.25, 0.3) is 5.91 Å². The molecule has 0 bridgehead atoms. The summed E-state index contributed by atoms with van der Waals surface area (Å²) in [5.41, 5.74) is 1.95. The van der Waals surface area contributed by atoms with Crippen LogP contribution in [0, 0.1) is 0 Å². The van der Waals surface area contributed by atoms with E-state index in [0.29, 0.717) is 29.0 Å². The lowest BCUT2D eigenvalue weighted by molar-refractivity contribution is 0.0383. The number of aromatic nitrogens is 2. The number of anilines is 2. The lowest BCUT2D eigenvalue weighted by Crippen LogP contribution is -2.41. The van der Waals surface area contributed by atoms with E-state index in [4.69, 9.17) is 27.9 Å². The highest BCUT2D eigenvalue weighted by Crippen LogP contribution is 2.39. The summed E-state index contributed by atoms with van der Waals surface area (Å²) in [5, 5.41) is 15.8. The number of morpholine rings is 1. The molecule has 8 nitrogen and oxygen atoms in total. The van der Waals surface area contributed by atoms with Gasteiger partial charge in [-0.3, -0.25) is 9.69 Å². The maximum absolute atomic E-state index is 12.7. The first-order chi connectivity index (χ1) is 15.0. The van der Waals surface area contributed by atoms with Crippen molar-refractivity contribution in [2.75, 3.05) is 62.7 Å². The number of rotatable bonds is 6. The molecule has 166 valence electrons. The number of nitrogens with one attached hydrogen (secondary N) is 2. The number of nitrogens with zero attached hydrogens (tertiary/aromatic N) is 4. The molecule has 1 aromatic heterocycles. The van der Waals surface area contributed by atoms with Crippen LogP contribution in [-0.2, 0) is 4.74 Å². The summed E-state index contributed by atoms with van der Waals surface area (Å²) >= 11 is 12.9. The van der Waals surface area contributed by atoms with Crippen molar-refractivity contribution in [2.45, 2.75) is 13.0 Å². The molecule has 0 radical (unpaired) electrons. The van der Waals surface area contributed by atoms with Crippen LogP contribution in [0.3, 0.4) is 0 Å². The van der Waals surface area contributed by atoms with Crippen LogP contribution < -0.4 is 15.5 Å². The molecule has 1 saturated heterocycles. The molecule has 1 amide bonds. The number of carbonyl (C=O) groups is 1. The van der Waals surface area contributed by atoms with E-state index in [1.54, 1.807) is 6.07 Å². The van der Waals surface area contributed by atoms with Gasteiger partial charge in [0, 0.05) is 54.9 Å². The second-order valence-corrected chi connectivity index (χ2v) is 8.42. The van der Waals surface area contributed by atoms with Crippen molar-refractivity contribution in [3.05, 3.63) is 45.6 Å². The van der Waals surface area contributed by atoms with E-state index in [1.165, 1.54) is 0 Å². The number of carbonyl (C=O) groups excluding carboxylic acids is 1. The second-order valence-electron chi connectivity index (χ2n) is 7.60. The van der Waals surface area contributed by atoms with Gasteiger partial charge in [-0.15, -0.1) is 10.2 Å². The number of hydrogen-bond donors (Lipinski definition) is 2. The van der Waals surface area contributed by atoms with E-state index in [0.717, 1.165) is 50.6 Å². The summed E-state index contributed by atoms with van der Waals surface area (Å²) < 4.78 is 5.35. The van der Waals surface area contributed by atoms with Crippen molar-refractivity contribution >= 4 is 40.6 Å². The molecule has 1 aromatic carbocycles. The van der Waals surface area contributed by atoms with E-state index in [2.05, 4.69) is 30.6 Å². The first kappa shape index (κ1) is 22.1. The van der Waals surface area contributed by atoms with Gasteiger partial charge in [0.1, 0.15) is 0 Å². The molecular formula is C21H26Cl2N6O2. The van der Waals surface area contributed by atoms with Crippen molar-refractivity contribution in [3.8, 4) is 0 Å². The van der Waals surface area contributed by atoms with Crippen molar-refractivity contribution in [2.24, 2.45) is 0 Å². The van der Waals surface area contributed by atoms with Crippen LogP contribution in [0.25, 0.3) is 0 Å². The van der Waals surface area contributed by atoms with E-state index < -0.39 is 0 Å². The van der Waals surface area contributed by atoms with Crippen molar-refractivity contribution in [3.63, 3.8) is 0 Å². The third-order valence-electron chi connectivity index (χ3n) is 5.66. The van der Waals surface area contributed by atoms with Crippen molar-refractivity contribution in [1.82, 2.24) is 20.4 Å². The number of amides is 1. The summed E-state index contributed by atoms with van der Waals surface area (Å²) in [7, 11) is 0. The highest BCUT2D eigenvalue weighted by molar-refractivity contribution is 6.36. The van der Waals surface area contributed by atoms with Crippen LogP contribution in [0.2, 0.25) is 10.0 Å². The fraction of sp³-hybridized carbons (Fsp3) is 0.476. The molecular weight excluding hydrogens is 439 g/mol. The molecule has 31 heavy (non-hydrogen) atoms. The minimum Gasteiger partial charge on any atom is -0.379 e. The molecule has 1 unspecified atom stereocenters. The quantitative estimate of drug-likeness (QED) is 0.679. The molecule has 2 aliphatic rings. The van der Waals surface area contributed by atoms with Crippen LogP contribution >= 0.6 is 23.2 Å². The standard InChI is InChI=1S/C21H26Cl2N6O2/c1-14(19-15(22)3-2-4-16(19)23)29-8-6-24-20-18(29)13-17(26-27-20)21(30)25-5-7-28-9-11-31-12-10-28/h2-4,13-14H,5-12H2,1H3,(H,24,27)(H,25,30). The van der Waals surface area contributed by atoms with Crippen LogP contribution in [0.15, 0.2) is 24.3 Å². The van der Waals surface area contributed by atoms with E-state index in [-0.39, 0.29) is 17.6 Å².